The predicted octanol–water partition coefficient (Wildman–Crippen LogP) is 3.88. The molecule has 1 aliphatic carbocycles. The number of aromatic amines is 1. The van der Waals surface area contributed by atoms with Crippen LogP contribution in [-0.2, 0) is 19.4 Å². The predicted molar refractivity (Wildman–Crippen MR) is 102 cm³/mol. The number of rotatable bonds is 3. The number of H-pyrrole nitrogens is 1. The fraction of sp³-hybridized carbons (Fsp3) is 0.476. The van der Waals surface area contributed by atoms with E-state index in [1.165, 1.54) is 37.1 Å². The van der Waals surface area contributed by atoms with Crippen LogP contribution < -0.4 is 0 Å². The minimum absolute atomic E-state index is 0.371. The average molecular weight is 347 g/mol. The first-order valence-electron chi connectivity index (χ1n) is 9.82. The summed E-state index contributed by atoms with van der Waals surface area (Å²) in [5.41, 5.74) is 4.78. The molecule has 3 aromatic rings. The van der Waals surface area contributed by atoms with Gasteiger partial charge in [-0.25, -0.2) is 15.0 Å². The molecule has 0 amide bonds. The first-order chi connectivity index (χ1) is 12.8. The average Bonchev–Trinajstić information content (AvgIpc) is 3.28. The number of aryl methyl sites for hydroxylation is 3. The van der Waals surface area contributed by atoms with Crippen molar-refractivity contribution in [3.8, 4) is 0 Å². The largest absolute Gasteiger partial charge is 0.344 e. The first kappa shape index (κ1) is 15.9. The highest BCUT2D eigenvalue weighted by Gasteiger charge is 2.30. The zero-order valence-electron chi connectivity index (χ0n) is 15.3. The van der Waals surface area contributed by atoms with Crippen LogP contribution in [-0.4, -0.2) is 31.4 Å². The van der Waals surface area contributed by atoms with E-state index < -0.39 is 0 Å². The van der Waals surface area contributed by atoms with Crippen LogP contribution in [0.15, 0.2) is 24.3 Å². The molecule has 1 aliphatic heterocycles. The van der Waals surface area contributed by atoms with Gasteiger partial charge in [-0.05, 0) is 58.1 Å². The molecule has 26 heavy (non-hydrogen) atoms. The Labute approximate surface area is 153 Å². The third kappa shape index (κ3) is 2.80. The Kier molecular flexibility index (Phi) is 3.97. The number of nitrogens with one attached hydrogen (secondary N) is 1. The molecule has 1 saturated heterocycles. The van der Waals surface area contributed by atoms with Gasteiger partial charge in [0.15, 0.2) is 0 Å². The highest BCUT2D eigenvalue weighted by atomic mass is 15.2. The second-order valence-corrected chi connectivity index (χ2v) is 7.63. The van der Waals surface area contributed by atoms with Gasteiger partial charge in [-0.3, -0.25) is 4.90 Å². The van der Waals surface area contributed by atoms with Crippen molar-refractivity contribution in [3.05, 3.63) is 53.0 Å². The highest BCUT2D eigenvalue weighted by Crippen LogP contribution is 2.33. The van der Waals surface area contributed by atoms with Gasteiger partial charge in [-0.15, -0.1) is 0 Å². The number of hydrogen-bond donors (Lipinski definition) is 1. The molecule has 1 N–H and O–H groups in total. The molecule has 1 aromatic carbocycles. The molecular formula is C21H25N5. The standard InChI is InChI=1S/C21H25N5/c1-14-15-7-2-3-8-16(15)23-20(22-14)13-26-12-6-11-19(26)21-24-17-9-4-5-10-18(17)25-21/h2-3,7-8,19H,4-6,9-13H2,1H3,(H,24,25). The van der Waals surface area contributed by atoms with Gasteiger partial charge in [0.25, 0.3) is 0 Å². The van der Waals surface area contributed by atoms with Crippen LogP contribution in [0.1, 0.15) is 60.5 Å². The van der Waals surface area contributed by atoms with E-state index in [0.29, 0.717) is 6.04 Å². The fourth-order valence-corrected chi connectivity index (χ4v) is 4.51. The van der Waals surface area contributed by atoms with Crippen molar-refractivity contribution in [2.45, 2.75) is 58.0 Å². The van der Waals surface area contributed by atoms with E-state index in [1.54, 1.807) is 0 Å². The van der Waals surface area contributed by atoms with Gasteiger partial charge in [0.05, 0.1) is 23.8 Å². The monoisotopic (exact) mass is 347 g/mol. The second-order valence-electron chi connectivity index (χ2n) is 7.63. The molecule has 0 radical (unpaired) electrons. The number of aromatic nitrogens is 4. The van der Waals surface area contributed by atoms with Crippen LogP contribution in [0.4, 0.5) is 0 Å². The Morgan fingerprint density at radius 3 is 2.88 bits per heavy atom. The van der Waals surface area contributed by atoms with Crippen molar-refractivity contribution in [1.29, 1.82) is 0 Å². The number of para-hydroxylation sites is 1. The Bertz CT molecular complexity index is 921. The molecule has 1 unspecified atom stereocenters. The molecule has 5 heteroatoms. The van der Waals surface area contributed by atoms with Crippen LogP contribution in [0.2, 0.25) is 0 Å². The Morgan fingerprint density at radius 2 is 1.96 bits per heavy atom. The molecule has 5 rings (SSSR count). The van der Waals surface area contributed by atoms with E-state index in [2.05, 4.69) is 28.9 Å². The third-order valence-corrected chi connectivity index (χ3v) is 5.84. The minimum Gasteiger partial charge on any atom is -0.344 e. The SMILES string of the molecule is Cc1nc(CN2CCCC2c2nc3c([nH]2)CCCC3)nc2ccccc12. The van der Waals surface area contributed by atoms with E-state index in [1.807, 2.05) is 12.1 Å². The highest BCUT2D eigenvalue weighted by molar-refractivity contribution is 5.80. The third-order valence-electron chi connectivity index (χ3n) is 5.84. The lowest BCUT2D eigenvalue weighted by molar-refractivity contribution is 0.235. The van der Waals surface area contributed by atoms with Crippen molar-refractivity contribution < 1.29 is 0 Å². The van der Waals surface area contributed by atoms with Crippen molar-refractivity contribution in [1.82, 2.24) is 24.8 Å². The minimum atomic E-state index is 0.371. The fourth-order valence-electron chi connectivity index (χ4n) is 4.51. The lowest BCUT2D eigenvalue weighted by atomic mass is 10.0. The van der Waals surface area contributed by atoms with Gasteiger partial charge >= 0.3 is 0 Å². The summed E-state index contributed by atoms with van der Waals surface area (Å²) in [5, 5.41) is 1.15. The molecule has 0 spiro atoms. The lowest BCUT2D eigenvalue weighted by Gasteiger charge is -2.22. The molecule has 0 bridgehead atoms. The molecule has 1 atom stereocenters. The number of fused-ring (bicyclic) bond motifs is 2. The molecule has 5 nitrogen and oxygen atoms in total. The zero-order chi connectivity index (χ0) is 17.5. The summed E-state index contributed by atoms with van der Waals surface area (Å²) in [6.45, 7) is 3.96. The summed E-state index contributed by atoms with van der Waals surface area (Å²) in [7, 11) is 0. The summed E-state index contributed by atoms with van der Waals surface area (Å²) in [4.78, 5) is 20.7. The maximum atomic E-state index is 4.95. The second kappa shape index (κ2) is 6.47. The van der Waals surface area contributed by atoms with Crippen molar-refractivity contribution in [2.75, 3.05) is 6.54 Å². The van der Waals surface area contributed by atoms with E-state index in [4.69, 9.17) is 15.0 Å². The maximum absolute atomic E-state index is 4.95. The Balaban J connectivity index is 1.42. The molecule has 2 aromatic heterocycles. The van der Waals surface area contributed by atoms with Crippen LogP contribution in [0.5, 0.6) is 0 Å². The summed E-state index contributed by atoms with van der Waals surface area (Å²) < 4.78 is 0. The molecule has 134 valence electrons. The van der Waals surface area contributed by atoms with Gasteiger partial charge in [0.2, 0.25) is 0 Å². The number of hydrogen-bond acceptors (Lipinski definition) is 4. The van der Waals surface area contributed by atoms with Crippen LogP contribution in [0.3, 0.4) is 0 Å². The smallest absolute Gasteiger partial charge is 0.143 e. The summed E-state index contributed by atoms with van der Waals surface area (Å²) in [6.07, 6.45) is 7.22. The maximum Gasteiger partial charge on any atom is 0.143 e. The number of likely N-dealkylation sites (tertiary alicyclic amines) is 1. The topological polar surface area (TPSA) is 57.7 Å². The van der Waals surface area contributed by atoms with E-state index in [0.717, 1.165) is 54.2 Å². The van der Waals surface area contributed by atoms with E-state index >= 15 is 0 Å². The van der Waals surface area contributed by atoms with Crippen molar-refractivity contribution >= 4 is 10.9 Å². The number of nitrogens with zero attached hydrogens (tertiary/aromatic N) is 4. The summed E-state index contributed by atoms with van der Waals surface area (Å²) in [5.74, 6) is 2.08. The molecule has 1 fully saturated rings. The Morgan fingerprint density at radius 1 is 1.08 bits per heavy atom. The quantitative estimate of drug-likeness (QED) is 0.781. The van der Waals surface area contributed by atoms with Crippen molar-refractivity contribution in [2.24, 2.45) is 0 Å². The molecular weight excluding hydrogens is 322 g/mol. The number of benzene rings is 1. The van der Waals surface area contributed by atoms with E-state index in [9.17, 15) is 0 Å². The Hall–Kier alpha value is -2.27. The zero-order valence-corrected chi connectivity index (χ0v) is 15.3. The van der Waals surface area contributed by atoms with Gasteiger partial charge in [-0.2, -0.15) is 0 Å². The molecule has 3 heterocycles. The van der Waals surface area contributed by atoms with Gasteiger partial charge in [0.1, 0.15) is 11.6 Å². The first-order valence-corrected chi connectivity index (χ1v) is 9.82. The van der Waals surface area contributed by atoms with E-state index in [-0.39, 0.29) is 0 Å². The van der Waals surface area contributed by atoms with Gasteiger partial charge in [0, 0.05) is 16.8 Å². The summed E-state index contributed by atoms with van der Waals surface area (Å²) in [6, 6.07) is 8.64. The number of imidazole rings is 1. The van der Waals surface area contributed by atoms with Gasteiger partial charge < -0.3 is 4.98 Å². The van der Waals surface area contributed by atoms with Gasteiger partial charge in [-0.1, -0.05) is 18.2 Å². The van der Waals surface area contributed by atoms with Crippen LogP contribution in [0.25, 0.3) is 10.9 Å². The van der Waals surface area contributed by atoms with Crippen molar-refractivity contribution in [3.63, 3.8) is 0 Å². The normalized spacial score (nSPS) is 20.6. The molecule has 2 aliphatic rings. The lowest BCUT2D eigenvalue weighted by Crippen LogP contribution is -2.25. The molecule has 0 saturated carbocycles. The summed E-state index contributed by atoms with van der Waals surface area (Å²) >= 11 is 0. The van der Waals surface area contributed by atoms with Crippen LogP contribution >= 0.6 is 0 Å². The van der Waals surface area contributed by atoms with Crippen LogP contribution in [0, 0.1) is 6.92 Å².